The zero-order chi connectivity index (χ0) is 22.0. The maximum absolute atomic E-state index is 13.2. The molecule has 1 aliphatic carbocycles. The second-order valence-corrected chi connectivity index (χ2v) is 9.30. The van der Waals surface area contributed by atoms with Gasteiger partial charge in [0, 0.05) is 40.3 Å². The van der Waals surface area contributed by atoms with E-state index in [9.17, 15) is 4.79 Å². The lowest BCUT2D eigenvalue weighted by Crippen LogP contribution is -2.34. The van der Waals surface area contributed by atoms with E-state index in [4.69, 9.17) is 28.9 Å². The number of fused-ring (bicyclic) bond motifs is 1. The second-order valence-electron chi connectivity index (χ2n) is 7.70. The quantitative estimate of drug-likeness (QED) is 0.395. The van der Waals surface area contributed by atoms with Crippen LogP contribution in [0.4, 0.5) is 5.69 Å². The molecule has 0 bridgehead atoms. The summed E-state index contributed by atoms with van der Waals surface area (Å²) in [6, 6.07) is 9.41. The lowest BCUT2D eigenvalue weighted by molar-refractivity contribution is 0.0946. The van der Waals surface area contributed by atoms with Gasteiger partial charge in [-0.1, -0.05) is 29.3 Å². The summed E-state index contributed by atoms with van der Waals surface area (Å²) in [7, 11) is 0. The number of amides is 1. The van der Waals surface area contributed by atoms with Gasteiger partial charge in [-0.3, -0.25) is 9.78 Å². The molecule has 0 saturated heterocycles. The van der Waals surface area contributed by atoms with Crippen LogP contribution in [0.5, 0.6) is 0 Å². The molecule has 2 aromatic heterocycles. The number of hydrogen-bond donors (Lipinski definition) is 3. The van der Waals surface area contributed by atoms with Gasteiger partial charge in [-0.2, -0.15) is 0 Å². The first-order chi connectivity index (χ1) is 14.9. The van der Waals surface area contributed by atoms with Crippen molar-refractivity contribution in [2.24, 2.45) is 5.73 Å². The van der Waals surface area contributed by atoms with Gasteiger partial charge in [0.05, 0.1) is 11.2 Å². The van der Waals surface area contributed by atoms with E-state index in [1.165, 1.54) is 0 Å². The largest absolute Gasteiger partial charge is 0.379 e. The summed E-state index contributed by atoms with van der Waals surface area (Å²) in [5.41, 5.74) is 8.46. The molecule has 4 N–H and O–H groups in total. The Morgan fingerprint density at radius 2 is 1.97 bits per heavy atom. The highest BCUT2D eigenvalue weighted by Crippen LogP contribution is 2.32. The molecule has 2 heterocycles. The van der Waals surface area contributed by atoms with Crippen molar-refractivity contribution >= 4 is 61.6 Å². The van der Waals surface area contributed by atoms with E-state index in [2.05, 4.69) is 36.5 Å². The fourth-order valence-corrected chi connectivity index (χ4v) is 4.76. The topological polar surface area (TPSA) is 92.9 Å². The number of carbonyl (C=O) groups excluding carboxylic acids is 1. The fraction of sp³-hybridized carbons (Fsp3) is 0.318. The zero-order valence-electron chi connectivity index (χ0n) is 16.7. The van der Waals surface area contributed by atoms with Crippen molar-refractivity contribution in [1.29, 1.82) is 0 Å². The van der Waals surface area contributed by atoms with E-state index >= 15 is 0 Å². The number of nitrogens with one attached hydrogen (secondary N) is 2. The maximum Gasteiger partial charge on any atom is 0.272 e. The third-order valence-electron chi connectivity index (χ3n) is 5.50. The zero-order valence-corrected chi connectivity index (χ0v) is 19.8. The Balaban J connectivity index is 1.64. The van der Waals surface area contributed by atoms with Crippen molar-refractivity contribution in [3.63, 3.8) is 0 Å². The van der Waals surface area contributed by atoms with E-state index in [0.29, 0.717) is 25.9 Å². The molecule has 162 valence electrons. The number of pyridine rings is 2. The predicted octanol–water partition coefficient (Wildman–Crippen LogP) is 5.31. The van der Waals surface area contributed by atoms with Crippen molar-refractivity contribution in [3.8, 4) is 0 Å². The van der Waals surface area contributed by atoms with Crippen LogP contribution in [0.25, 0.3) is 10.9 Å². The van der Waals surface area contributed by atoms with E-state index in [-0.39, 0.29) is 30.2 Å². The number of halogens is 3. The second kappa shape index (κ2) is 9.69. The monoisotopic (exact) mass is 521 g/mol. The van der Waals surface area contributed by atoms with E-state index < -0.39 is 0 Å². The normalized spacial score (nSPS) is 18.7. The number of anilines is 1. The molecule has 9 heteroatoms. The highest BCUT2D eigenvalue weighted by molar-refractivity contribution is 9.10. The number of benzene rings is 1. The Morgan fingerprint density at radius 1 is 1.19 bits per heavy atom. The summed E-state index contributed by atoms with van der Waals surface area (Å²) in [6.07, 6.45) is 5.49. The average Bonchev–Trinajstić information content (AvgIpc) is 2.76. The Morgan fingerprint density at radius 3 is 2.71 bits per heavy atom. The van der Waals surface area contributed by atoms with Gasteiger partial charge in [-0.05, 0) is 71.4 Å². The van der Waals surface area contributed by atoms with Gasteiger partial charge >= 0.3 is 0 Å². The highest BCUT2D eigenvalue weighted by atomic mass is 79.9. The summed E-state index contributed by atoms with van der Waals surface area (Å²) in [5.74, 6) is -0.311. The van der Waals surface area contributed by atoms with Crippen LogP contribution >= 0.6 is 39.1 Å². The van der Waals surface area contributed by atoms with Gasteiger partial charge in [0.1, 0.15) is 4.60 Å². The standard InChI is InChI=1S/C22H22BrCl2N5O/c23-21-16-2-1-9-27-18(16)19(29-15-7-5-14(26)6-8-15)20(30-21)22(31)28-11-12-3-4-13(24)10-17(12)25/h1-4,9-10,14-15,29H,5-8,11,26H2,(H,28,31). The first kappa shape index (κ1) is 22.3. The summed E-state index contributed by atoms with van der Waals surface area (Å²) in [4.78, 5) is 22.2. The highest BCUT2D eigenvalue weighted by Gasteiger charge is 2.24. The maximum atomic E-state index is 13.2. The number of aromatic nitrogens is 2. The lowest BCUT2D eigenvalue weighted by Gasteiger charge is -2.28. The minimum absolute atomic E-state index is 0.213. The molecule has 0 spiro atoms. The molecule has 4 rings (SSSR count). The molecule has 0 unspecified atom stereocenters. The summed E-state index contributed by atoms with van der Waals surface area (Å²) < 4.78 is 0.571. The van der Waals surface area contributed by atoms with E-state index in [1.54, 1.807) is 24.4 Å². The third-order valence-corrected chi connectivity index (χ3v) is 6.69. The first-order valence-electron chi connectivity index (χ1n) is 10.1. The molecule has 0 aliphatic heterocycles. The van der Waals surface area contributed by atoms with Crippen LogP contribution in [0.15, 0.2) is 41.1 Å². The van der Waals surface area contributed by atoms with Crippen molar-refractivity contribution in [3.05, 3.63) is 62.4 Å². The minimum atomic E-state index is -0.311. The number of nitrogens with zero attached hydrogens (tertiary/aromatic N) is 2. The van der Waals surface area contributed by atoms with Gasteiger partial charge in [0.25, 0.3) is 5.91 Å². The molecule has 1 saturated carbocycles. The smallest absolute Gasteiger partial charge is 0.272 e. The summed E-state index contributed by atoms with van der Waals surface area (Å²) in [6.45, 7) is 0.256. The summed E-state index contributed by atoms with van der Waals surface area (Å²) in [5, 5.41) is 8.33. The van der Waals surface area contributed by atoms with Gasteiger partial charge in [0.2, 0.25) is 0 Å². The molecule has 1 aliphatic rings. The molecule has 0 atom stereocenters. The fourth-order valence-electron chi connectivity index (χ4n) is 3.79. The first-order valence-corrected chi connectivity index (χ1v) is 11.7. The van der Waals surface area contributed by atoms with Gasteiger partial charge in [-0.25, -0.2) is 4.98 Å². The molecule has 6 nitrogen and oxygen atoms in total. The van der Waals surface area contributed by atoms with Crippen molar-refractivity contribution in [2.45, 2.75) is 44.3 Å². The number of carbonyl (C=O) groups is 1. The van der Waals surface area contributed by atoms with Crippen LogP contribution in [0.2, 0.25) is 10.0 Å². The van der Waals surface area contributed by atoms with Gasteiger partial charge < -0.3 is 16.4 Å². The van der Waals surface area contributed by atoms with Crippen LogP contribution in [0, 0.1) is 0 Å². The lowest BCUT2D eigenvalue weighted by atomic mass is 9.91. The van der Waals surface area contributed by atoms with Crippen LogP contribution in [-0.2, 0) is 6.54 Å². The molecular formula is C22H22BrCl2N5O. The Labute approximate surface area is 199 Å². The molecular weight excluding hydrogens is 501 g/mol. The summed E-state index contributed by atoms with van der Waals surface area (Å²) >= 11 is 15.7. The Hall–Kier alpha value is -1.93. The number of rotatable bonds is 5. The van der Waals surface area contributed by atoms with Gasteiger partial charge in [-0.15, -0.1) is 0 Å². The number of nitrogens with two attached hydrogens (primary N) is 1. The SMILES string of the molecule is NC1CCC(Nc2c(C(=O)NCc3ccc(Cl)cc3Cl)nc(Br)c3cccnc23)CC1. The number of hydrogen-bond acceptors (Lipinski definition) is 5. The third kappa shape index (κ3) is 5.12. The predicted molar refractivity (Wildman–Crippen MR) is 129 cm³/mol. The van der Waals surface area contributed by atoms with Crippen molar-refractivity contribution in [1.82, 2.24) is 15.3 Å². The molecule has 1 amide bonds. The van der Waals surface area contributed by atoms with E-state index in [1.807, 2.05) is 12.1 Å². The Bertz CT molecular complexity index is 1120. The van der Waals surface area contributed by atoms with Crippen LogP contribution in [-0.4, -0.2) is 28.0 Å². The van der Waals surface area contributed by atoms with Gasteiger partial charge in [0.15, 0.2) is 5.69 Å². The van der Waals surface area contributed by atoms with Crippen molar-refractivity contribution in [2.75, 3.05) is 5.32 Å². The average molecular weight is 523 g/mol. The molecule has 1 fully saturated rings. The molecule has 1 aromatic carbocycles. The van der Waals surface area contributed by atoms with Crippen LogP contribution in [0.3, 0.4) is 0 Å². The van der Waals surface area contributed by atoms with Crippen molar-refractivity contribution < 1.29 is 4.79 Å². The Kier molecular flexibility index (Phi) is 6.96. The van der Waals surface area contributed by atoms with Crippen LogP contribution < -0.4 is 16.4 Å². The molecule has 31 heavy (non-hydrogen) atoms. The van der Waals surface area contributed by atoms with E-state index in [0.717, 1.165) is 36.6 Å². The van der Waals surface area contributed by atoms with Crippen LogP contribution in [0.1, 0.15) is 41.7 Å². The minimum Gasteiger partial charge on any atom is -0.379 e. The molecule has 0 radical (unpaired) electrons. The molecule has 3 aromatic rings.